The number of ether oxygens (including phenoxy) is 1. The molecule has 0 saturated carbocycles. The van der Waals surface area contributed by atoms with Crippen LogP contribution in [-0.4, -0.2) is 59.3 Å². The Morgan fingerprint density at radius 2 is 1.66 bits per heavy atom. The van der Waals surface area contributed by atoms with Crippen LogP contribution in [0.4, 0.5) is 14.5 Å². The molecule has 29 heavy (non-hydrogen) atoms. The molecule has 0 N–H and O–H groups in total. The van der Waals surface area contributed by atoms with Crippen molar-refractivity contribution in [3.05, 3.63) is 69.8 Å². The summed E-state index contributed by atoms with van der Waals surface area (Å²) in [6, 6.07) is 8.69. The van der Waals surface area contributed by atoms with Crippen LogP contribution in [0, 0.1) is 21.7 Å². The predicted octanol–water partition coefficient (Wildman–Crippen LogP) is 2.24. The first kappa shape index (κ1) is 20.2. The molecule has 0 aliphatic carbocycles. The van der Waals surface area contributed by atoms with Crippen LogP contribution in [0.3, 0.4) is 0 Å². The zero-order valence-electron chi connectivity index (χ0n) is 15.2. The molecule has 152 valence electrons. The van der Waals surface area contributed by atoms with E-state index >= 15 is 0 Å². The number of nitro benzene ring substituents is 1. The first-order valence-corrected chi connectivity index (χ1v) is 8.75. The summed E-state index contributed by atoms with van der Waals surface area (Å²) in [5, 5.41) is 11.0. The molecule has 3 rings (SSSR count). The molecule has 2 aromatic rings. The maximum atomic E-state index is 13.3. The molecule has 2 aromatic carbocycles. The number of halogens is 2. The summed E-state index contributed by atoms with van der Waals surface area (Å²) in [4.78, 5) is 38.0. The van der Waals surface area contributed by atoms with E-state index in [9.17, 15) is 28.5 Å². The number of amides is 2. The number of piperazine rings is 1. The number of benzene rings is 2. The normalized spacial score (nSPS) is 13.9. The zero-order valence-corrected chi connectivity index (χ0v) is 15.2. The van der Waals surface area contributed by atoms with Crippen LogP contribution in [-0.2, 0) is 4.79 Å². The van der Waals surface area contributed by atoms with Crippen molar-refractivity contribution >= 4 is 17.5 Å². The SMILES string of the molecule is O=C(COc1ccccc1[N+](=O)[O-])N1CCN(C(=O)c2ccc(F)c(F)c2)CC1. The predicted molar refractivity (Wildman–Crippen MR) is 97.4 cm³/mol. The molecule has 10 heteroatoms. The lowest BCUT2D eigenvalue weighted by Gasteiger charge is -2.34. The first-order valence-electron chi connectivity index (χ1n) is 8.75. The molecule has 1 fully saturated rings. The van der Waals surface area contributed by atoms with Gasteiger partial charge in [0.15, 0.2) is 24.0 Å². The summed E-state index contributed by atoms with van der Waals surface area (Å²) < 4.78 is 31.6. The summed E-state index contributed by atoms with van der Waals surface area (Å²) in [7, 11) is 0. The Bertz CT molecular complexity index is 945. The number of para-hydroxylation sites is 2. The highest BCUT2D eigenvalue weighted by Crippen LogP contribution is 2.25. The fourth-order valence-electron chi connectivity index (χ4n) is 2.93. The topological polar surface area (TPSA) is 93.0 Å². The minimum Gasteiger partial charge on any atom is -0.477 e. The van der Waals surface area contributed by atoms with Crippen molar-refractivity contribution in [2.24, 2.45) is 0 Å². The molecule has 0 atom stereocenters. The van der Waals surface area contributed by atoms with Gasteiger partial charge in [0.25, 0.3) is 11.8 Å². The van der Waals surface area contributed by atoms with Crippen LogP contribution in [0.1, 0.15) is 10.4 Å². The van der Waals surface area contributed by atoms with Crippen molar-refractivity contribution < 1.29 is 28.0 Å². The van der Waals surface area contributed by atoms with E-state index in [0.29, 0.717) is 0 Å². The standard InChI is InChI=1S/C19H17F2N3O5/c20-14-6-5-13(11-15(14)21)19(26)23-9-7-22(8-10-23)18(25)12-29-17-4-2-1-3-16(17)24(27)28/h1-6,11H,7-10,12H2. The van der Waals surface area contributed by atoms with Gasteiger partial charge < -0.3 is 14.5 Å². The molecule has 1 heterocycles. The highest BCUT2D eigenvalue weighted by atomic mass is 19.2. The van der Waals surface area contributed by atoms with Crippen molar-refractivity contribution in [2.45, 2.75) is 0 Å². The molecule has 0 spiro atoms. The average Bonchev–Trinajstić information content (AvgIpc) is 2.73. The van der Waals surface area contributed by atoms with Crippen LogP contribution in [0.5, 0.6) is 5.75 Å². The maximum Gasteiger partial charge on any atom is 0.310 e. The average molecular weight is 405 g/mol. The van der Waals surface area contributed by atoms with E-state index in [1.54, 1.807) is 6.07 Å². The smallest absolute Gasteiger partial charge is 0.310 e. The lowest BCUT2D eigenvalue weighted by molar-refractivity contribution is -0.385. The second-order valence-corrected chi connectivity index (χ2v) is 6.32. The van der Waals surface area contributed by atoms with Crippen LogP contribution in [0.2, 0.25) is 0 Å². The quantitative estimate of drug-likeness (QED) is 0.562. The molecule has 0 bridgehead atoms. The van der Waals surface area contributed by atoms with Crippen molar-refractivity contribution in [1.29, 1.82) is 0 Å². The second-order valence-electron chi connectivity index (χ2n) is 6.32. The summed E-state index contributed by atoms with van der Waals surface area (Å²) in [6.45, 7) is 0.523. The van der Waals surface area contributed by atoms with Gasteiger partial charge in [-0.15, -0.1) is 0 Å². The molecule has 8 nitrogen and oxygen atoms in total. The van der Waals surface area contributed by atoms with Gasteiger partial charge >= 0.3 is 5.69 Å². The highest BCUT2D eigenvalue weighted by Gasteiger charge is 2.26. The van der Waals surface area contributed by atoms with Crippen molar-refractivity contribution in [3.63, 3.8) is 0 Å². The van der Waals surface area contributed by atoms with E-state index in [1.807, 2.05) is 0 Å². The molecular formula is C19H17F2N3O5. The number of rotatable bonds is 5. The Morgan fingerprint density at radius 1 is 1.00 bits per heavy atom. The van der Waals surface area contributed by atoms with E-state index < -0.39 is 22.5 Å². The van der Waals surface area contributed by atoms with Gasteiger partial charge in [0.05, 0.1) is 4.92 Å². The Balaban J connectivity index is 1.54. The molecule has 1 aliphatic heterocycles. The number of hydrogen-bond donors (Lipinski definition) is 0. The lowest BCUT2D eigenvalue weighted by atomic mass is 10.1. The molecule has 0 aromatic heterocycles. The molecule has 0 radical (unpaired) electrons. The van der Waals surface area contributed by atoms with Crippen LogP contribution in [0.25, 0.3) is 0 Å². The zero-order chi connectivity index (χ0) is 21.0. The molecular weight excluding hydrogens is 388 g/mol. The van der Waals surface area contributed by atoms with Crippen molar-refractivity contribution in [3.8, 4) is 5.75 Å². The third-order valence-corrected chi connectivity index (χ3v) is 4.50. The number of nitrogens with zero attached hydrogens (tertiary/aromatic N) is 3. The van der Waals surface area contributed by atoms with Crippen LogP contribution in [0.15, 0.2) is 42.5 Å². The number of carbonyl (C=O) groups is 2. The van der Waals surface area contributed by atoms with Gasteiger partial charge in [-0.2, -0.15) is 0 Å². The Morgan fingerprint density at radius 3 is 2.31 bits per heavy atom. The number of carbonyl (C=O) groups excluding carboxylic acids is 2. The monoisotopic (exact) mass is 405 g/mol. The third kappa shape index (κ3) is 4.65. The van der Waals surface area contributed by atoms with Crippen LogP contribution < -0.4 is 4.74 Å². The fraction of sp³-hybridized carbons (Fsp3) is 0.263. The number of hydrogen-bond acceptors (Lipinski definition) is 5. The summed E-state index contributed by atoms with van der Waals surface area (Å²) in [5.74, 6) is -2.96. The molecule has 2 amide bonds. The lowest BCUT2D eigenvalue weighted by Crippen LogP contribution is -2.51. The van der Waals surface area contributed by atoms with Gasteiger partial charge in [-0.25, -0.2) is 8.78 Å². The van der Waals surface area contributed by atoms with Gasteiger partial charge in [0.2, 0.25) is 0 Å². The summed E-state index contributed by atoms with van der Waals surface area (Å²) in [6.07, 6.45) is 0. The Labute approximate surface area is 164 Å². The first-order chi connectivity index (χ1) is 13.9. The maximum absolute atomic E-state index is 13.3. The van der Waals surface area contributed by atoms with E-state index in [2.05, 4.69) is 0 Å². The fourth-order valence-corrected chi connectivity index (χ4v) is 2.93. The second kappa shape index (κ2) is 8.63. The summed E-state index contributed by atoms with van der Waals surface area (Å²) in [5.41, 5.74) is -0.203. The van der Waals surface area contributed by atoms with Crippen molar-refractivity contribution in [1.82, 2.24) is 9.80 Å². The minimum absolute atomic E-state index is 0.00185. The van der Waals surface area contributed by atoms with Gasteiger partial charge in [-0.3, -0.25) is 19.7 Å². The summed E-state index contributed by atoms with van der Waals surface area (Å²) >= 11 is 0. The van der Waals surface area contributed by atoms with Crippen LogP contribution >= 0.6 is 0 Å². The molecule has 1 saturated heterocycles. The van der Waals surface area contributed by atoms with Gasteiger partial charge in [0, 0.05) is 37.8 Å². The van der Waals surface area contributed by atoms with E-state index in [-0.39, 0.29) is 55.7 Å². The van der Waals surface area contributed by atoms with Gasteiger partial charge in [-0.1, -0.05) is 12.1 Å². The number of nitro groups is 1. The largest absolute Gasteiger partial charge is 0.477 e. The van der Waals surface area contributed by atoms with E-state index in [0.717, 1.165) is 12.1 Å². The highest BCUT2D eigenvalue weighted by molar-refractivity contribution is 5.94. The Kier molecular flexibility index (Phi) is 6.01. The molecule has 1 aliphatic rings. The van der Waals surface area contributed by atoms with Crippen molar-refractivity contribution in [2.75, 3.05) is 32.8 Å². The van der Waals surface area contributed by atoms with E-state index in [1.165, 1.54) is 34.1 Å². The molecule has 0 unspecified atom stereocenters. The van der Waals surface area contributed by atoms with Gasteiger partial charge in [-0.05, 0) is 24.3 Å². The van der Waals surface area contributed by atoms with Gasteiger partial charge in [0.1, 0.15) is 0 Å². The van der Waals surface area contributed by atoms with E-state index in [4.69, 9.17) is 4.74 Å². The third-order valence-electron chi connectivity index (χ3n) is 4.50. The minimum atomic E-state index is -1.10. The Hall–Kier alpha value is -3.56.